The van der Waals surface area contributed by atoms with Crippen LogP contribution in [0.1, 0.15) is 11.1 Å². The lowest BCUT2D eigenvalue weighted by Gasteiger charge is -2.26. The van der Waals surface area contributed by atoms with Gasteiger partial charge in [0.05, 0.1) is 42.4 Å². The number of hydrogen-bond donors (Lipinski definition) is 5. The summed E-state index contributed by atoms with van der Waals surface area (Å²) >= 11 is 0. The molecular formula is C32H20O9. The number of phenolic OH excluding ortho intramolecular Hbond substituents is 4. The summed E-state index contributed by atoms with van der Waals surface area (Å²) in [7, 11) is 2.83. The normalized spacial score (nSPS) is 12.6. The molecule has 0 aliphatic carbocycles. The molecule has 0 amide bonds. The molecule has 202 valence electrons. The molecule has 8 aromatic carbocycles. The van der Waals surface area contributed by atoms with Gasteiger partial charge in [0.25, 0.3) is 0 Å². The molecule has 0 bridgehead atoms. The Morgan fingerprint density at radius 3 is 1.41 bits per heavy atom. The lowest BCUT2D eigenvalue weighted by atomic mass is 9.77. The molecule has 0 radical (unpaired) electrons. The Balaban J connectivity index is 2.01. The quantitative estimate of drug-likeness (QED) is 0.154. The van der Waals surface area contributed by atoms with E-state index in [0.717, 1.165) is 0 Å². The molecule has 0 aromatic heterocycles. The van der Waals surface area contributed by atoms with Crippen molar-refractivity contribution in [2.24, 2.45) is 0 Å². The highest BCUT2D eigenvalue weighted by Crippen LogP contribution is 2.60. The van der Waals surface area contributed by atoms with Crippen LogP contribution in [0.2, 0.25) is 0 Å². The predicted octanol–water partition coefficient (Wildman–Crippen LogP) is 4.87. The molecule has 8 rings (SSSR count). The van der Waals surface area contributed by atoms with Crippen LogP contribution in [0.25, 0.3) is 75.4 Å². The minimum Gasteiger partial charge on any atom is -0.507 e. The summed E-state index contributed by atoms with van der Waals surface area (Å²) in [6.45, 7) is 1.21. The molecule has 0 aliphatic heterocycles. The number of rotatable bonds is 3. The topological polar surface area (TPSA) is 154 Å². The standard InChI is InChI=1S/C32H20O9/c1-9-4-11(34)19-25-17(9)18-10(8-33)5-12(35)20-26(18)30-28-22(32(20)39)14(37)7-16(41-3)24(28)23-15(40-2)6-13(36)21(31(19)38)27(23)29(25)30/h4-7,33,36-39H,8H2,1-3H3. The molecule has 0 heterocycles. The zero-order chi connectivity index (χ0) is 28.8. The first kappa shape index (κ1) is 23.6. The molecule has 0 atom stereocenters. The molecule has 0 unspecified atom stereocenters. The fraction of sp³-hybridized carbons (Fsp3) is 0.125. The van der Waals surface area contributed by atoms with Crippen molar-refractivity contribution >= 4 is 75.4 Å². The van der Waals surface area contributed by atoms with E-state index in [4.69, 9.17) is 9.47 Å². The molecule has 9 heteroatoms. The van der Waals surface area contributed by atoms with Crippen LogP contribution in [-0.4, -0.2) is 39.8 Å². The number of aryl methyl sites for hydroxylation is 1. The first-order valence-electron chi connectivity index (χ1n) is 12.8. The van der Waals surface area contributed by atoms with Crippen molar-refractivity contribution in [2.45, 2.75) is 13.5 Å². The molecular weight excluding hydrogens is 528 g/mol. The van der Waals surface area contributed by atoms with Gasteiger partial charge in [0, 0.05) is 55.2 Å². The summed E-state index contributed by atoms with van der Waals surface area (Å²) < 4.78 is 11.4. The first-order chi connectivity index (χ1) is 19.7. The lowest BCUT2D eigenvalue weighted by Crippen LogP contribution is -2.10. The Bertz CT molecular complexity index is 2570. The van der Waals surface area contributed by atoms with Crippen molar-refractivity contribution < 1.29 is 35.0 Å². The van der Waals surface area contributed by atoms with Crippen LogP contribution in [0.5, 0.6) is 34.5 Å². The van der Waals surface area contributed by atoms with Gasteiger partial charge >= 0.3 is 0 Å². The summed E-state index contributed by atoms with van der Waals surface area (Å²) in [5.74, 6) is -1.10. The number of phenols is 4. The van der Waals surface area contributed by atoms with Crippen molar-refractivity contribution in [3.63, 3.8) is 0 Å². The van der Waals surface area contributed by atoms with E-state index in [0.29, 0.717) is 59.4 Å². The molecule has 5 N–H and O–H groups in total. The molecule has 0 fully saturated rings. The lowest BCUT2D eigenvalue weighted by molar-refractivity contribution is 0.283. The number of aliphatic hydroxyl groups is 1. The number of methoxy groups -OCH3 is 2. The number of aromatic hydroxyl groups is 4. The fourth-order valence-electron chi connectivity index (χ4n) is 7.29. The average Bonchev–Trinajstić information content (AvgIpc) is 2.94. The van der Waals surface area contributed by atoms with Crippen LogP contribution in [0.15, 0.2) is 33.9 Å². The fourth-order valence-corrected chi connectivity index (χ4v) is 7.29. The maximum Gasteiger partial charge on any atom is 0.190 e. The van der Waals surface area contributed by atoms with Gasteiger partial charge in [-0.05, 0) is 41.0 Å². The van der Waals surface area contributed by atoms with Gasteiger partial charge in [0.15, 0.2) is 10.9 Å². The number of ether oxygens (including phenoxy) is 2. The number of fused-ring (bicyclic) bond motifs is 2. The van der Waals surface area contributed by atoms with Crippen LogP contribution >= 0.6 is 0 Å². The largest absolute Gasteiger partial charge is 0.507 e. The van der Waals surface area contributed by atoms with Crippen molar-refractivity contribution in [1.29, 1.82) is 0 Å². The van der Waals surface area contributed by atoms with Crippen molar-refractivity contribution in [2.75, 3.05) is 14.2 Å². The van der Waals surface area contributed by atoms with E-state index in [1.54, 1.807) is 6.92 Å². The minimum atomic E-state index is -0.563. The highest BCUT2D eigenvalue weighted by molar-refractivity contribution is 6.52. The Kier molecular flexibility index (Phi) is 4.18. The third-order valence-corrected chi connectivity index (χ3v) is 8.71. The monoisotopic (exact) mass is 548 g/mol. The summed E-state index contributed by atoms with van der Waals surface area (Å²) in [6, 6.07) is 5.25. The molecule has 0 spiro atoms. The van der Waals surface area contributed by atoms with E-state index >= 15 is 0 Å². The molecule has 0 saturated heterocycles. The van der Waals surface area contributed by atoms with Gasteiger partial charge in [-0.25, -0.2) is 0 Å². The van der Waals surface area contributed by atoms with Crippen LogP contribution in [0.4, 0.5) is 0 Å². The second kappa shape index (κ2) is 7.26. The van der Waals surface area contributed by atoms with Gasteiger partial charge in [-0.1, -0.05) is 0 Å². The van der Waals surface area contributed by atoms with Gasteiger partial charge in [-0.3, -0.25) is 9.59 Å². The Labute approximate surface area is 228 Å². The minimum absolute atomic E-state index is 0.00305. The summed E-state index contributed by atoms with van der Waals surface area (Å²) in [4.78, 5) is 27.1. The summed E-state index contributed by atoms with van der Waals surface area (Å²) in [5.41, 5.74) is -0.231. The number of aliphatic hydroxyl groups excluding tert-OH is 1. The third kappa shape index (κ3) is 2.39. The van der Waals surface area contributed by atoms with E-state index < -0.39 is 29.0 Å². The Morgan fingerprint density at radius 1 is 0.537 bits per heavy atom. The van der Waals surface area contributed by atoms with Crippen LogP contribution in [-0.2, 0) is 6.61 Å². The third-order valence-electron chi connectivity index (χ3n) is 8.71. The van der Waals surface area contributed by atoms with E-state index in [2.05, 4.69) is 0 Å². The predicted molar refractivity (Wildman–Crippen MR) is 157 cm³/mol. The van der Waals surface area contributed by atoms with Crippen molar-refractivity contribution in [3.05, 3.63) is 55.8 Å². The maximum atomic E-state index is 13.6. The zero-order valence-corrected chi connectivity index (χ0v) is 21.9. The Hall–Kier alpha value is -5.28. The van der Waals surface area contributed by atoms with E-state index in [9.17, 15) is 35.1 Å². The Morgan fingerprint density at radius 2 is 0.951 bits per heavy atom. The van der Waals surface area contributed by atoms with Gasteiger partial charge < -0.3 is 35.0 Å². The van der Waals surface area contributed by atoms with Crippen molar-refractivity contribution in [1.82, 2.24) is 0 Å². The van der Waals surface area contributed by atoms with E-state index in [1.807, 2.05) is 0 Å². The summed E-state index contributed by atoms with van der Waals surface area (Å²) in [5, 5.41) is 60.0. The molecule has 0 saturated carbocycles. The van der Waals surface area contributed by atoms with Crippen LogP contribution in [0.3, 0.4) is 0 Å². The second-order valence-electron chi connectivity index (χ2n) is 10.5. The average molecular weight is 549 g/mol. The maximum absolute atomic E-state index is 13.6. The van der Waals surface area contributed by atoms with Gasteiger partial charge in [0.1, 0.15) is 34.5 Å². The first-order valence-corrected chi connectivity index (χ1v) is 12.8. The molecule has 8 aromatic rings. The van der Waals surface area contributed by atoms with E-state index in [-0.39, 0.29) is 50.1 Å². The van der Waals surface area contributed by atoms with Gasteiger partial charge in [-0.2, -0.15) is 0 Å². The zero-order valence-electron chi connectivity index (χ0n) is 21.9. The second-order valence-corrected chi connectivity index (χ2v) is 10.5. The van der Waals surface area contributed by atoms with Crippen molar-refractivity contribution in [3.8, 4) is 34.5 Å². The molecule has 41 heavy (non-hydrogen) atoms. The van der Waals surface area contributed by atoms with E-state index in [1.165, 1.54) is 38.5 Å². The number of benzene rings is 8. The van der Waals surface area contributed by atoms with Crippen LogP contribution < -0.4 is 20.3 Å². The number of hydrogen-bond acceptors (Lipinski definition) is 9. The van der Waals surface area contributed by atoms with Gasteiger partial charge in [0.2, 0.25) is 0 Å². The van der Waals surface area contributed by atoms with Crippen LogP contribution in [0, 0.1) is 6.92 Å². The highest BCUT2D eigenvalue weighted by Gasteiger charge is 2.33. The van der Waals surface area contributed by atoms with Gasteiger partial charge in [-0.15, -0.1) is 0 Å². The summed E-state index contributed by atoms with van der Waals surface area (Å²) in [6.07, 6.45) is 0. The molecule has 9 nitrogen and oxygen atoms in total. The smallest absolute Gasteiger partial charge is 0.190 e. The molecule has 0 aliphatic rings. The SMILES string of the molecule is COc1cc(O)c2c(O)c3c(=O)cc(C)c4c5c(CO)cc(=O)c6c(O)c7c(O)cc(OC)c8c1c2c(c34)c(c78)c65. The highest BCUT2D eigenvalue weighted by atomic mass is 16.5.